The molecule has 0 radical (unpaired) electrons. The van der Waals surface area contributed by atoms with E-state index >= 15 is 0 Å². The van der Waals surface area contributed by atoms with Gasteiger partial charge in [-0.2, -0.15) is 5.10 Å². The lowest BCUT2D eigenvalue weighted by atomic mass is 10.2. The number of aryl methyl sites for hydroxylation is 2. The Bertz CT molecular complexity index is 414. The minimum Gasteiger partial charge on any atom is -0.336 e. The van der Waals surface area contributed by atoms with E-state index in [1.54, 1.807) is 4.68 Å². The first-order valence-corrected chi connectivity index (χ1v) is 3.72. The minimum atomic E-state index is 0.416. The highest BCUT2D eigenvalue weighted by atomic mass is 16.5. The van der Waals surface area contributed by atoms with Gasteiger partial charge in [0.15, 0.2) is 0 Å². The molecule has 12 heavy (non-hydrogen) atoms. The summed E-state index contributed by atoms with van der Waals surface area (Å²) in [6.45, 7) is 2.30. The summed E-state index contributed by atoms with van der Waals surface area (Å²) in [6, 6.07) is 0. The first-order chi connectivity index (χ1) is 5.74. The lowest BCUT2D eigenvalue weighted by molar-refractivity contribution is 0.427. The molecule has 0 amide bonds. The van der Waals surface area contributed by atoms with Crippen LogP contribution in [0.25, 0.3) is 11.1 Å². The van der Waals surface area contributed by atoms with Crippen LogP contribution in [0.5, 0.6) is 0 Å². The van der Waals surface area contributed by atoms with Crippen molar-refractivity contribution in [3.8, 4) is 0 Å². The van der Waals surface area contributed by atoms with E-state index in [2.05, 4.69) is 10.3 Å². The molecule has 64 valence electrons. The summed E-state index contributed by atoms with van der Waals surface area (Å²) < 4.78 is 6.71. The third-order valence-electron chi connectivity index (χ3n) is 1.89. The molecular formula is C7H10N4O. The van der Waals surface area contributed by atoms with Crippen molar-refractivity contribution in [3.63, 3.8) is 0 Å². The highest BCUT2D eigenvalue weighted by molar-refractivity contribution is 5.79. The monoisotopic (exact) mass is 166 g/mol. The summed E-state index contributed by atoms with van der Waals surface area (Å²) in [6.07, 6.45) is 0. The van der Waals surface area contributed by atoms with Gasteiger partial charge < -0.3 is 10.3 Å². The molecule has 0 fully saturated rings. The normalized spacial score (nSPS) is 11.2. The Morgan fingerprint density at radius 2 is 2.33 bits per heavy atom. The van der Waals surface area contributed by atoms with E-state index in [1.165, 1.54) is 0 Å². The zero-order valence-electron chi connectivity index (χ0n) is 7.03. The summed E-state index contributed by atoms with van der Waals surface area (Å²) in [5.74, 6) is 0. The number of nitrogens with two attached hydrogens (primary N) is 1. The van der Waals surface area contributed by atoms with Crippen LogP contribution in [-0.4, -0.2) is 14.9 Å². The van der Waals surface area contributed by atoms with Crippen molar-refractivity contribution in [3.05, 3.63) is 11.4 Å². The molecule has 2 heterocycles. The van der Waals surface area contributed by atoms with E-state index in [-0.39, 0.29) is 0 Å². The van der Waals surface area contributed by atoms with E-state index in [4.69, 9.17) is 10.3 Å². The Balaban J connectivity index is 2.85. The molecule has 0 bridgehead atoms. The van der Waals surface area contributed by atoms with Gasteiger partial charge >= 0.3 is 0 Å². The van der Waals surface area contributed by atoms with Gasteiger partial charge in [0, 0.05) is 13.6 Å². The molecule has 2 rings (SSSR count). The molecule has 0 aliphatic carbocycles. The van der Waals surface area contributed by atoms with Crippen LogP contribution in [0.1, 0.15) is 11.4 Å². The van der Waals surface area contributed by atoms with E-state index in [0.29, 0.717) is 12.3 Å². The van der Waals surface area contributed by atoms with Gasteiger partial charge in [-0.15, -0.1) is 0 Å². The maximum Gasteiger partial charge on any atom is 0.256 e. The van der Waals surface area contributed by atoms with Crippen molar-refractivity contribution in [2.24, 2.45) is 12.8 Å². The van der Waals surface area contributed by atoms with Gasteiger partial charge in [0.2, 0.25) is 0 Å². The van der Waals surface area contributed by atoms with Gasteiger partial charge in [-0.25, -0.2) is 4.68 Å². The zero-order chi connectivity index (χ0) is 8.72. The highest BCUT2D eigenvalue weighted by Gasteiger charge is 2.14. The molecule has 0 saturated carbocycles. The average Bonchev–Trinajstić information content (AvgIpc) is 2.56. The molecule has 0 aliphatic heterocycles. The second-order valence-corrected chi connectivity index (χ2v) is 2.72. The number of hydrogen-bond donors (Lipinski definition) is 1. The smallest absolute Gasteiger partial charge is 0.256 e. The molecule has 0 aliphatic rings. The molecule has 0 saturated heterocycles. The van der Waals surface area contributed by atoms with E-state index in [9.17, 15) is 0 Å². The van der Waals surface area contributed by atoms with Crippen molar-refractivity contribution >= 4 is 11.1 Å². The second kappa shape index (κ2) is 2.31. The number of fused-ring (bicyclic) bond motifs is 1. The van der Waals surface area contributed by atoms with Crippen LogP contribution in [0.2, 0.25) is 0 Å². The Morgan fingerprint density at radius 3 is 3.00 bits per heavy atom. The van der Waals surface area contributed by atoms with Crippen molar-refractivity contribution in [2.75, 3.05) is 0 Å². The Hall–Kier alpha value is -1.36. The summed E-state index contributed by atoms with van der Waals surface area (Å²) in [5.41, 5.74) is 7.88. The average molecular weight is 166 g/mol. The fourth-order valence-corrected chi connectivity index (χ4v) is 1.33. The topological polar surface area (TPSA) is 69.9 Å². The van der Waals surface area contributed by atoms with Gasteiger partial charge in [0.1, 0.15) is 0 Å². The van der Waals surface area contributed by atoms with E-state index in [0.717, 1.165) is 16.8 Å². The standard InChI is InChI=1S/C7H10N4O/c1-4-6-5(3-8)9-11(2)7(6)12-10-4/h3,8H2,1-2H3. The number of aromatic nitrogens is 3. The first-order valence-electron chi connectivity index (χ1n) is 3.72. The minimum absolute atomic E-state index is 0.416. The molecule has 2 N–H and O–H groups in total. The van der Waals surface area contributed by atoms with Crippen LogP contribution in [0.3, 0.4) is 0 Å². The van der Waals surface area contributed by atoms with Crippen LogP contribution >= 0.6 is 0 Å². The molecular weight excluding hydrogens is 156 g/mol. The van der Waals surface area contributed by atoms with Gasteiger partial charge in [-0.05, 0) is 6.92 Å². The SMILES string of the molecule is Cc1noc2c1c(CN)nn2C. The van der Waals surface area contributed by atoms with E-state index in [1.807, 2.05) is 14.0 Å². The molecule has 2 aromatic rings. The summed E-state index contributed by atoms with van der Waals surface area (Å²) in [7, 11) is 1.81. The number of hydrogen-bond acceptors (Lipinski definition) is 4. The largest absolute Gasteiger partial charge is 0.336 e. The second-order valence-electron chi connectivity index (χ2n) is 2.72. The molecule has 2 aromatic heterocycles. The van der Waals surface area contributed by atoms with Crippen molar-refractivity contribution in [2.45, 2.75) is 13.5 Å². The molecule has 0 spiro atoms. The van der Waals surface area contributed by atoms with E-state index < -0.39 is 0 Å². The number of nitrogens with zero attached hydrogens (tertiary/aromatic N) is 3. The quantitative estimate of drug-likeness (QED) is 0.662. The van der Waals surface area contributed by atoms with Gasteiger partial charge in [-0.3, -0.25) is 0 Å². The Labute approximate surface area is 69.1 Å². The summed E-state index contributed by atoms with van der Waals surface area (Å²) in [5, 5.41) is 8.97. The summed E-state index contributed by atoms with van der Waals surface area (Å²) >= 11 is 0. The number of rotatable bonds is 1. The predicted molar refractivity (Wildman–Crippen MR) is 43.4 cm³/mol. The highest BCUT2D eigenvalue weighted by Crippen LogP contribution is 2.20. The maximum atomic E-state index is 5.51. The predicted octanol–water partition coefficient (Wildman–Crippen LogP) is 0.328. The van der Waals surface area contributed by atoms with Gasteiger partial charge in [-0.1, -0.05) is 5.16 Å². The molecule has 0 atom stereocenters. The van der Waals surface area contributed by atoms with Crippen LogP contribution in [0, 0.1) is 6.92 Å². The first kappa shape index (κ1) is 7.30. The molecule has 5 heteroatoms. The Kier molecular flexibility index (Phi) is 1.41. The van der Waals surface area contributed by atoms with Crippen LogP contribution in [-0.2, 0) is 13.6 Å². The van der Waals surface area contributed by atoms with Crippen LogP contribution < -0.4 is 5.73 Å². The third-order valence-corrected chi connectivity index (χ3v) is 1.89. The van der Waals surface area contributed by atoms with Crippen molar-refractivity contribution in [1.29, 1.82) is 0 Å². The summed E-state index contributed by atoms with van der Waals surface area (Å²) in [4.78, 5) is 0. The van der Waals surface area contributed by atoms with Crippen LogP contribution in [0.15, 0.2) is 4.52 Å². The zero-order valence-corrected chi connectivity index (χ0v) is 7.03. The lowest BCUT2D eigenvalue weighted by Gasteiger charge is -1.87. The van der Waals surface area contributed by atoms with Gasteiger partial charge in [0.05, 0.1) is 16.8 Å². The fraction of sp³-hybridized carbons (Fsp3) is 0.429. The Morgan fingerprint density at radius 1 is 1.58 bits per heavy atom. The lowest BCUT2D eigenvalue weighted by Crippen LogP contribution is -1.99. The molecule has 0 aromatic carbocycles. The van der Waals surface area contributed by atoms with Crippen LogP contribution in [0.4, 0.5) is 0 Å². The molecule has 0 unspecified atom stereocenters. The third kappa shape index (κ3) is 0.767. The fourth-order valence-electron chi connectivity index (χ4n) is 1.33. The molecule has 5 nitrogen and oxygen atoms in total. The van der Waals surface area contributed by atoms with Gasteiger partial charge in [0.25, 0.3) is 5.71 Å². The maximum absolute atomic E-state index is 5.51. The van der Waals surface area contributed by atoms with Crippen molar-refractivity contribution < 1.29 is 4.52 Å². The van der Waals surface area contributed by atoms with Crippen molar-refractivity contribution in [1.82, 2.24) is 14.9 Å².